The molecule has 1 spiro atoms. The maximum Gasteiger partial charge on any atom is 0.303 e. The predicted molar refractivity (Wildman–Crippen MR) is 92.1 cm³/mol. The van der Waals surface area contributed by atoms with Gasteiger partial charge in [0.05, 0.1) is 7.11 Å². The number of likely N-dealkylation sites (N-methyl/N-ethyl adjacent to an activating group) is 1. The molecular weight excluding hydrogens is 318 g/mol. The number of nitrogens with zero attached hydrogens (tertiary/aromatic N) is 1. The van der Waals surface area contributed by atoms with Gasteiger partial charge in [0.25, 0.3) is 0 Å². The number of rotatable bonds is 2. The van der Waals surface area contributed by atoms with Crippen molar-refractivity contribution in [3.05, 3.63) is 23.3 Å². The average Bonchev–Trinajstić information content (AvgIpc) is 2.94. The molecule has 2 aliphatic carbocycles. The van der Waals surface area contributed by atoms with Gasteiger partial charge in [-0.2, -0.15) is 0 Å². The van der Waals surface area contributed by atoms with E-state index in [1.165, 1.54) is 18.1 Å². The van der Waals surface area contributed by atoms with Gasteiger partial charge in [-0.25, -0.2) is 0 Å². The van der Waals surface area contributed by atoms with E-state index in [0.717, 1.165) is 43.7 Å². The molecule has 5 atom stereocenters. The molecule has 5 nitrogen and oxygen atoms in total. The highest BCUT2D eigenvalue weighted by Crippen LogP contribution is 2.64. The summed E-state index contributed by atoms with van der Waals surface area (Å²) in [4.78, 5) is 14.2. The van der Waals surface area contributed by atoms with Crippen molar-refractivity contribution in [2.24, 2.45) is 5.92 Å². The van der Waals surface area contributed by atoms with Gasteiger partial charge in [0.2, 0.25) is 0 Å². The molecule has 4 aliphatic rings. The third-order valence-electron chi connectivity index (χ3n) is 7.06. The van der Waals surface area contributed by atoms with Crippen molar-refractivity contribution in [3.63, 3.8) is 0 Å². The quantitative estimate of drug-likeness (QED) is 0.771. The number of benzene rings is 1. The van der Waals surface area contributed by atoms with Crippen LogP contribution < -0.4 is 9.47 Å². The Morgan fingerprint density at radius 1 is 1.36 bits per heavy atom. The molecule has 25 heavy (non-hydrogen) atoms. The van der Waals surface area contributed by atoms with Crippen molar-refractivity contribution >= 4 is 5.97 Å². The van der Waals surface area contributed by atoms with Crippen LogP contribution in [0.1, 0.15) is 37.3 Å². The Morgan fingerprint density at radius 2 is 2.20 bits per heavy atom. The number of esters is 1. The van der Waals surface area contributed by atoms with E-state index in [9.17, 15) is 4.79 Å². The van der Waals surface area contributed by atoms with Crippen LogP contribution in [0.2, 0.25) is 0 Å². The Balaban J connectivity index is 1.71. The van der Waals surface area contributed by atoms with Crippen LogP contribution >= 0.6 is 0 Å². The molecule has 0 aromatic heterocycles. The molecule has 1 aromatic rings. The lowest BCUT2D eigenvalue weighted by molar-refractivity contribution is -0.163. The van der Waals surface area contributed by atoms with E-state index in [0.29, 0.717) is 12.0 Å². The first kappa shape index (κ1) is 15.5. The van der Waals surface area contributed by atoms with Crippen LogP contribution in [0.3, 0.4) is 0 Å². The van der Waals surface area contributed by atoms with Crippen LogP contribution in [0.25, 0.3) is 0 Å². The molecule has 2 heterocycles. The maximum absolute atomic E-state index is 11.7. The number of methoxy groups -OCH3 is 1. The largest absolute Gasteiger partial charge is 0.493 e. The number of ether oxygens (including phenoxy) is 3. The second-order valence-corrected chi connectivity index (χ2v) is 8.04. The highest BCUT2D eigenvalue weighted by Gasteiger charge is 2.66. The monoisotopic (exact) mass is 343 g/mol. The summed E-state index contributed by atoms with van der Waals surface area (Å²) in [7, 11) is 3.94. The Hall–Kier alpha value is -1.75. The fourth-order valence-corrected chi connectivity index (χ4v) is 6.17. The smallest absolute Gasteiger partial charge is 0.303 e. The summed E-state index contributed by atoms with van der Waals surface area (Å²) >= 11 is 0. The van der Waals surface area contributed by atoms with Crippen LogP contribution in [0.5, 0.6) is 11.5 Å². The highest BCUT2D eigenvalue weighted by atomic mass is 16.6. The van der Waals surface area contributed by atoms with E-state index < -0.39 is 0 Å². The Labute approximate surface area is 148 Å². The lowest BCUT2D eigenvalue weighted by atomic mass is 9.51. The average molecular weight is 343 g/mol. The molecule has 1 saturated carbocycles. The Kier molecular flexibility index (Phi) is 3.18. The zero-order valence-corrected chi connectivity index (χ0v) is 15.1. The molecule has 2 aliphatic heterocycles. The third kappa shape index (κ3) is 1.85. The highest BCUT2D eigenvalue weighted by molar-refractivity contribution is 5.67. The molecule has 5 heteroatoms. The van der Waals surface area contributed by atoms with Gasteiger partial charge in [-0.15, -0.1) is 0 Å². The number of piperidine rings is 1. The first-order valence-electron chi connectivity index (χ1n) is 9.30. The first-order valence-corrected chi connectivity index (χ1v) is 9.30. The summed E-state index contributed by atoms with van der Waals surface area (Å²) < 4.78 is 17.9. The second-order valence-electron chi connectivity index (χ2n) is 8.04. The molecule has 0 N–H and O–H groups in total. The van der Waals surface area contributed by atoms with E-state index >= 15 is 0 Å². The van der Waals surface area contributed by atoms with Gasteiger partial charge >= 0.3 is 5.97 Å². The molecule has 0 radical (unpaired) electrons. The van der Waals surface area contributed by atoms with Gasteiger partial charge in [-0.1, -0.05) is 6.07 Å². The number of hydrogen-bond acceptors (Lipinski definition) is 5. The second kappa shape index (κ2) is 5.13. The van der Waals surface area contributed by atoms with Gasteiger partial charge < -0.3 is 19.1 Å². The minimum absolute atomic E-state index is 0.0347. The SMILES string of the molecule is COc1ccc2c3c1O[C@H]1[C@@H](OC(C)=O)CC[C@H]4[C@@H](C2)N(C)CC[C@@]341. The fourth-order valence-electron chi connectivity index (χ4n) is 6.17. The van der Waals surface area contributed by atoms with Gasteiger partial charge in [-0.05, 0) is 56.8 Å². The molecule has 0 unspecified atom stereocenters. The van der Waals surface area contributed by atoms with Gasteiger partial charge in [0.15, 0.2) is 11.5 Å². The molecule has 5 rings (SSSR count). The molecule has 0 amide bonds. The third-order valence-corrected chi connectivity index (χ3v) is 7.06. The van der Waals surface area contributed by atoms with Crippen molar-refractivity contribution in [3.8, 4) is 11.5 Å². The minimum Gasteiger partial charge on any atom is -0.493 e. The van der Waals surface area contributed by atoms with Crippen LogP contribution in [-0.2, 0) is 21.4 Å². The summed E-state index contributed by atoms with van der Waals surface area (Å²) in [6, 6.07) is 4.78. The van der Waals surface area contributed by atoms with Gasteiger partial charge in [-0.3, -0.25) is 4.79 Å². The fraction of sp³-hybridized carbons (Fsp3) is 0.650. The Morgan fingerprint density at radius 3 is 2.96 bits per heavy atom. The van der Waals surface area contributed by atoms with E-state index in [1.807, 2.05) is 6.07 Å². The molecular formula is C20H25NO4. The van der Waals surface area contributed by atoms with Crippen LogP contribution in [0.4, 0.5) is 0 Å². The number of carbonyl (C=O) groups is 1. The van der Waals surface area contributed by atoms with E-state index in [4.69, 9.17) is 14.2 Å². The normalized spacial score (nSPS) is 37.9. The van der Waals surface area contributed by atoms with Crippen molar-refractivity contribution in [1.82, 2.24) is 4.90 Å². The summed E-state index contributed by atoms with van der Waals surface area (Å²) in [5.74, 6) is 2.05. The van der Waals surface area contributed by atoms with E-state index in [1.54, 1.807) is 7.11 Å². The molecule has 2 fully saturated rings. The molecule has 2 bridgehead atoms. The summed E-state index contributed by atoms with van der Waals surface area (Å²) in [5.41, 5.74) is 2.70. The minimum atomic E-state index is -0.216. The van der Waals surface area contributed by atoms with Crippen molar-refractivity contribution in [2.45, 2.75) is 56.3 Å². The number of hydrogen-bond donors (Lipinski definition) is 0. The van der Waals surface area contributed by atoms with Crippen molar-refractivity contribution < 1.29 is 19.0 Å². The van der Waals surface area contributed by atoms with Gasteiger partial charge in [0.1, 0.15) is 12.2 Å². The van der Waals surface area contributed by atoms with Crippen molar-refractivity contribution in [2.75, 3.05) is 20.7 Å². The molecule has 1 saturated heterocycles. The van der Waals surface area contributed by atoms with Crippen LogP contribution in [0.15, 0.2) is 12.1 Å². The standard InChI is InChI=1S/C20H25NO4/c1-11(22)24-16-7-5-13-14-10-12-4-6-15(23-3)18-17(12)20(13,19(16)25-18)8-9-21(14)2/h4,6,13-14,16,19H,5,7-10H2,1-3H3/t13-,14+,16-,19-,20-/m0/s1. The van der Waals surface area contributed by atoms with Crippen LogP contribution in [-0.4, -0.2) is 49.8 Å². The zero-order valence-electron chi connectivity index (χ0n) is 15.1. The Bertz CT molecular complexity index is 747. The molecule has 134 valence electrons. The topological polar surface area (TPSA) is 48.0 Å². The van der Waals surface area contributed by atoms with Crippen molar-refractivity contribution in [1.29, 1.82) is 0 Å². The lowest BCUT2D eigenvalue weighted by Crippen LogP contribution is -2.66. The number of likely N-dealkylation sites (tertiary alicyclic amines) is 1. The van der Waals surface area contributed by atoms with E-state index in [-0.39, 0.29) is 23.6 Å². The number of carbonyl (C=O) groups excluding carboxylic acids is 1. The lowest BCUT2D eigenvalue weighted by Gasteiger charge is -2.58. The summed E-state index contributed by atoms with van der Waals surface area (Å²) in [5, 5.41) is 0. The summed E-state index contributed by atoms with van der Waals surface area (Å²) in [6.07, 6.45) is 3.84. The van der Waals surface area contributed by atoms with E-state index in [2.05, 4.69) is 18.0 Å². The van der Waals surface area contributed by atoms with Gasteiger partial charge in [0, 0.05) is 23.9 Å². The zero-order chi connectivity index (χ0) is 17.3. The van der Waals surface area contributed by atoms with Crippen LogP contribution in [0, 0.1) is 5.92 Å². The molecule has 1 aromatic carbocycles. The predicted octanol–water partition coefficient (Wildman–Crippen LogP) is 2.30. The first-order chi connectivity index (χ1) is 12.1. The maximum atomic E-state index is 11.7. The summed E-state index contributed by atoms with van der Waals surface area (Å²) in [6.45, 7) is 2.56.